The lowest BCUT2D eigenvalue weighted by atomic mass is 10.1. The fourth-order valence-corrected chi connectivity index (χ4v) is 1.82. The highest BCUT2D eigenvalue weighted by Gasteiger charge is 2.10. The van der Waals surface area contributed by atoms with E-state index in [0.29, 0.717) is 0 Å². The monoisotopic (exact) mass is 187 g/mol. The molecule has 0 unspecified atom stereocenters. The van der Waals surface area contributed by atoms with Crippen molar-refractivity contribution < 1.29 is 0 Å². The molecule has 0 saturated heterocycles. The predicted molar refractivity (Wildman–Crippen MR) is 61.0 cm³/mol. The van der Waals surface area contributed by atoms with Gasteiger partial charge in [-0.3, -0.25) is 0 Å². The summed E-state index contributed by atoms with van der Waals surface area (Å²) in [5, 5.41) is 3.49. The Morgan fingerprint density at radius 2 is 2.14 bits per heavy atom. The molecule has 1 aromatic rings. The molecule has 14 heavy (non-hydrogen) atoms. The average Bonchev–Trinajstić information content (AvgIpc) is 2.60. The van der Waals surface area contributed by atoms with Gasteiger partial charge in [-0.1, -0.05) is 37.6 Å². The predicted octanol–water partition coefficient (Wildman–Crippen LogP) is 2.97. The Morgan fingerprint density at radius 3 is 2.93 bits per heavy atom. The Balaban J connectivity index is 1.95. The van der Waals surface area contributed by atoms with Gasteiger partial charge in [0.25, 0.3) is 0 Å². The molecule has 1 aliphatic rings. The van der Waals surface area contributed by atoms with Crippen molar-refractivity contribution in [1.82, 2.24) is 5.32 Å². The molecule has 1 aliphatic carbocycles. The van der Waals surface area contributed by atoms with Crippen molar-refractivity contribution >= 4 is 6.08 Å². The molecule has 0 spiro atoms. The minimum absolute atomic E-state index is 1.08. The van der Waals surface area contributed by atoms with Gasteiger partial charge in [0, 0.05) is 18.7 Å². The van der Waals surface area contributed by atoms with E-state index in [1.807, 2.05) is 0 Å². The summed E-state index contributed by atoms with van der Waals surface area (Å²) in [6, 6.07) is 8.61. The number of nitrogens with one attached hydrogen (secondary N) is 1. The quantitative estimate of drug-likeness (QED) is 0.714. The number of fused-ring (bicyclic) bond motifs is 1. The highest BCUT2D eigenvalue weighted by atomic mass is 14.9. The van der Waals surface area contributed by atoms with Gasteiger partial charge in [-0.05, 0) is 23.6 Å². The molecule has 0 bridgehead atoms. The van der Waals surface area contributed by atoms with Crippen molar-refractivity contribution in [2.45, 2.75) is 26.2 Å². The van der Waals surface area contributed by atoms with Crippen molar-refractivity contribution in [3.8, 4) is 0 Å². The maximum Gasteiger partial charge on any atom is 0.0157 e. The first-order valence-corrected chi connectivity index (χ1v) is 5.42. The van der Waals surface area contributed by atoms with Crippen LogP contribution in [0.2, 0.25) is 0 Å². The van der Waals surface area contributed by atoms with Gasteiger partial charge in [0.05, 0.1) is 0 Å². The number of unbranched alkanes of at least 4 members (excludes halogenated alkanes) is 1. The van der Waals surface area contributed by atoms with Crippen LogP contribution < -0.4 is 5.32 Å². The standard InChI is InChI=1S/C13H17N/c1-2-3-8-14-13-9-11-6-4-5-7-12(11)10-13/h4-7,9,14H,2-3,8,10H2,1H3. The number of rotatable bonds is 4. The Morgan fingerprint density at radius 1 is 1.29 bits per heavy atom. The summed E-state index contributed by atoms with van der Waals surface area (Å²) in [5.41, 5.74) is 4.21. The van der Waals surface area contributed by atoms with E-state index in [2.05, 4.69) is 42.6 Å². The van der Waals surface area contributed by atoms with Crippen LogP contribution in [0.15, 0.2) is 30.0 Å². The third-order valence-corrected chi connectivity index (χ3v) is 2.65. The molecule has 1 heteroatoms. The van der Waals surface area contributed by atoms with E-state index in [9.17, 15) is 0 Å². The number of allylic oxidation sites excluding steroid dienone is 1. The molecule has 2 rings (SSSR count). The SMILES string of the molecule is CCCCNC1=Cc2ccccc2C1. The van der Waals surface area contributed by atoms with Crippen LogP contribution >= 0.6 is 0 Å². The van der Waals surface area contributed by atoms with Crippen LogP contribution in [0.1, 0.15) is 30.9 Å². The molecule has 0 radical (unpaired) electrons. The lowest BCUT2D eigenvalue weighted by Crippen LogP contribution is -2.14. The topological polar surface area (TPSA) is 12.0 Å². The first kappa shape index (κ1) is 9.32. The molecule has 0 fully saturated rings. The molecule has 1 N–H and O–H groups in total. The van der Waals surface area contributed by atoms with Gasteiger partial charge in [0.2, 0.25) is 0 Å². The van der Waals surface area contributed by atoms with Gasteiger partial charge in [0.15, 0.2) is 0 Å². The van der Waals surface area contributed by atoms with Crippen molar-refractivity contribution in [1.29, 1.82) is 0 Å². The Labute approximate surface area is 85.8 Å². The molecule has 1 nitrogen and oxygen atoms in total. The minimum atomic E-state index is 1.08. The fraction of sp³-hybridized carbons (Fsp3) is 0.385. The van der Waals surface area contributed by atoms with Crippen molar-refractivity contribution in [3.05, 3.63) is 41.1 Å². The molecule has 0 aromatic heterocycles. The molecule has 74 valence electrons. The molecular weight excluding hydrogens is 170 g/mol. The van der Waals surface area contributed by atoms with Crippen LogP contribution in [0.5, 0.6) is 0 Å². The van der Waals surface area contributed by atoms with Crippen LogP contribution in [-0.2, 0) is 6.42 Å². The summed E-state index contributed by atoms with van der Waals surface area (Å²) >= 11 is 0. The molecular formula is C13H17N. The summed E-state index contributed by atoms with van der Waals surface area (Å²) in [7, 11) is 0. The summed E-state index contributed by atoms with van der Waals surface area (Å²) in [4.78, 5) is 0. The number of hydrogen-bond acceptors (Lipinski definition) is 1. The number of hydrogen-bond donors (Lipinski definition) is 1. The highest BCUT2D eigenvalue weighted by molar-refractivity contribution is 5.62. The van der Waals surface area contributed by atoms with Gasteiger partial charge in [0.1, 0.15) is 0 Å². The molecule has 1 aromatic carbocycles. The van der Waals surface area contributed by atoms with E-state index in [1.165, 1.54) is 29.7 Å². The van der Waals surface area contributed by atoms with E-state index >= 15 is 0 Å². The van der Waals surface area contributed by atoms with Gasteiger partial charge in [-0.15, -0.1) is 0 Å². The largest absolute Gasteiger partial charge is 0.388 e. The van der Waals surface area contributed by atoms with Crippen LogP contribution in [0, 0.1) is 0 Å². The number of benzene rings is 1. The van der Waals surface area contributed by atoms with Gasteiger partial charge < -0.3 is 5.32 Å². The van der Waals surface area contributed by atoms with E-state index in [4.69, 9.17) is 0 Å². The Hall–Kier alpha value is -1.24. The lowest BCUT2D eigenvalue weighted by molar-refractivity contribution is 0.704. The molecule has 0 amide bonds. The highest BCUT2D eigenvalue weighted by Crippen LogP contribution is 2.22. The summed E-state index contributed by atoms with van der Waals surface area (Å²) in [5.74, 6) is 0. The van der Waals surface area contributed by atoms with Crippen molar-refractivity contribution in [2.75, 3.05) is 6.54 Å². The molecule has 0 atom stereocenters. The summed E-state index contributed by atoms with van der Waals surface area (Å²) < 4.78 is 0. The van der Waals surface area contributed by atoms with E-state index in [1.54, 1.807) is 0 Å². The normalized spacial score (nSPS) is 13.6. The lowest BCUT2D eigenvalue weighted by Gasteiger charge is -2.05. The van der Waals surface area contributed by atoms with Gasteiger partial charge in [-0.2, -0.15) is 0 Å². The van der Waals surface area contributed by atoms with Gasteiger partial charge in [-0.25, -0.2) is 0 Å². The van der Waals surface area contributed by atoms with E-state index < -0.39 is 0 Å². The summed E-state index contributed by atoms with van der Waals surface area (Å²) in [6.45, 7) is 3.33. The second-order valence-electron chi connectivity index (χ2n) is 3.83. The Bertz CT molecular complexity index is 339. The average molecular weight is 187 g/mol. The fourth-order valence-electron chi connectivity index (χ4n) is 1.82. The van der Waals surface area contributed by atoms with E-state index in [0.717, 1.165) is 13.0 Å². The smallest absolute Gasteiger partial charge is 0.0157 e. The second kappa shape index (κ2) is 4.32. The molecule has 0 saturated carbocycles. The van der Waals surface area contributed by atoms with Crippen LogP contribution in [0.25, 0.3) is 6.08 Å². The Kier molecular flexibility index (Phi) is 2.87. The molecule has 0 aliphatic heterocycles. The maximum atomic E-state index is 3.49. The van der Waals surface area contributed by atoms with Gasteiger partial charge >= 0.3 is 0 Å². The maximum absolute atomic E-state index is 3.49. The van der Waals surface area contributed by atoms with Crippen molar-refractivity contribution in [3.63, 3.8) is 0 Å². The zero-order valence-electron chi connectivity index (χ0n) is 8.72. The first-order chi connectivity index (χ1) is 6.90. The van der Waals surface area contributed by atoms with Crippen LogP contribution in [-0.4, -0.2) is 6.54 Å². The van der Waals surface area contributed by atoms with E-state index in [-0.39, 0.29) is 0 Å². The van der Waals surface area contributed by atoms with Crippen LogP contribution in [0.4, 0.5) is 0 Å². The second-order valence-corrected chi connectivity index (χ2v) is 3.83. The third kappa shape index (κ3) is 1.98. The first-order valence-electron chi connectivity index (χ1n) is 5.42. The summed E-state index contributed by atoms with van der Waals surface area (Å²) in [6.07, 6.45) is 5.87. The molecule has 0 heterocycles. The third-order valence-electron chi connectivity index (χ3n) is 2.65. The minimum Gasteiger partial charge on any atom is -0.388 e. The van der Waals surface area contributed by atoms with Crippen LogP contribution in [0.3, 0.4) is 0 Å². The zero-order valence-corrected chi connectivity index (χ0v) is 8.72. The van der Waals surface area contributed by atoms with Crippen molar-refractivity contribution in [2.24, 2.45) is 0 Å². The zero-order chi connectivity index (χ0) is 9.80.